The highest BCUT2D eigenvalue weighted by atomic mass is 35.5. The molecule has 0 atom stereocenters. The number of anilines is 1. The van der Waals surface area contributed by atoms with E-state index in [-0.39, 0.29) is 18.4 Å². The number of rotatable bonds is 6. The van der Waals surface area contributed by atoms with Crippen LogP contribution in [0.15, 0.2) is 48.5 Å². The fraction of sp³-hybridized carbons (Fsp3) is 0.318. The molecule has 2 aromatic rings. The Hall–Kier alpha value is -2.66. The number of hydrogen-bond donors (Lipinski definition) is 1. The van der Waals surface area contributed by atoms with E-state index >= 15 is 0 Å². The molecule has 0 unspecified atom stereocenters. The summed E-state index contributed by atoms with van der Waals surface area (Å²) in [6, 6.07) is 13.8. The van der Waals surface area contributed by atoms with Crippen molar-refractivity contribution in [3.8, 4) is 0 Å². The third kappa shape index (κ3) is 4.42. The van der Waals surface area contributed by atoms with Gasteiger partial charge < -0.3 is 10.1 Å². The number of ketones is 1. The summed E-state index contributed by atoms with van der Waals surface area (Å²) in [5, 5.41) is 3.28. The van der Waals surface area contributed by atoms with E-state index in [4.69, 9.17) is 16.3 Å². The number of amides is 1. The molecule has 0 aliphatic heterocycles. The first kappa shape index (κ1) is 20.1. The lowest BCUT2D eigenvalue weighted by Crippen LogP contribution is -2.36. The molecule has 1 amide bonds. The first-order valence-corrected chi connectivity index (χ1v) is 9.63. The minimum atomic E-state index is -0.714. The van der Waals surface area contributed by atoms with Crippen molar-refractivity contribution in [1.29, 1.82) is 0 Å². The fourth-order valence-electron chi connectivity index (χ4n) is 3.61. The van der Waals surface area contributed by atoms with Gasteiger partial charge in [0.05, 0.1) is 5.41 Å². The Bertz CT molecular complexity index is 868. The lowest BCUT2D eigenvalue weighted by Gasteiger charge is -2.27. The van der Waals surface area contributed by atoms with Crippen molar-refractivity contribution in [1.82, 2.24) is 0 Å². The zero-order valence-electron chi connectivity index (χ0n) is 15.7. The Morgan fingerprint density at radius 3 is 2.18 bits per heavy atom. The molecule has 1 aliphatic rings. The zero-order chi connectivity index (χ0) is 20.1. The average molecular weight is 400 g/mol. The van der Waals surface area contributed by atoms with Crippen molar-refractivity contribution >= 4 is 34.9 Å². The molecule has 1 saturated carbocycles. The van der Waals surface area contributed by atoms with E-state index in [0.717, 1.165) is 18.4 Å². The quantitative estimate of drug-likeness (QED) is 0.571. The lowest BCUT2D eigenvalue weighted by atomic mass is 9.79. The number of nitrogens with one attached hydrogen (secondary N) is 1. The number of esters is 1. The first-order valence-electron chi connectivity index (χ1n) is 9.25. The predicted molar refractivity (Wildman–Crippen MR) is 108 cm³/mol. The normalized spacial score (nSPS) is 15.1. The summed E-state index contributed by atoms with van der Waals surface area (Å²) in [6.07, 6.45) is 3.27. The monoisotopic (exact) mass is 399 g/mol. The molecule has 6 heteroatoms. The molecule has 0 spiro atoms. The standard InChI is InChI=1S/C22H22ClNO4/c1-15(25)16-4-10-19(11-5-16)24-20(26)14-28-21(27)22(12-2-3-13-22)17-6-8-18(23)9-7-17/h4-11H,2-3,12-14H2,1H3,(H,24,26). The number of carbonyl (C=O) groups is 3. The maximum Gasteiger partial charge on any atom is 0.317 e. The second kappa shape index (κ2) is 8.57. The second-order valence-corrected chi connectivity index (χ2v) is 7.49. The van der Waals surface area contributed by atoms with Crippen LogP contribution in [0.2, 0.25) is 5.02 Å². The van der Waals surface area contributed by atoms with Crippen LogP contribution in [0, 0.1) is 0 Å². The smallest absolute Gasteiger partial charge is 0.317 e. The van der Waals surface area contributed by atoms with Gasteiger partial charge in [0, 0.05) is 16.3 Å². The van der Waals surface area contributed by atoms with Gasteiger partial charge in [-0.1, -0.05) is 36.6 Å². The third-order valence-electron chi connectivity index (χ3n) is 5.15. The van der Waals surface area contributed by atoms with Gasteiger partial charge >= 0.3 is 5.97 Å². The highest BCUT2D eigenvalue weighted by molar-refractivity contribution is 6.30. The van der Waals surface area contributed by atoms with Gasteiger partial charge in [-0.2, -0.15) is 0 Å². The number of hydrogen-bond acceptors (Lipinski definition) is 4. The Balaban J connectivity index is 1.62. The van der Waals surface area contributed by atoms with Crippen molar-refractivity contribution in [3.63, 3.8) is 0 Å². The van der Waals surface area contributed by atoms with Gasteiger partial charge in [0.2, 0.25) is 0 Å². The van der Waals surface area contributed by atoms with Gasteiger partial charge in [0.1, 0.15) is 0 Å². The third-order valence-corrected chi connectivity index (χ3v) is 5.41. The minimum absolute atomic E-state index is 0.0455. The Morgan fingerprint density at radius 1 is 1.00 bits per heavy atom. The molecule has 1 fully saturated rings. The number of carbonyl (C=O) groups excluding carboxylic acids is 3. The minimum Gasteiger partial charge on any atom is -0.455 e. The number of halogens is 1. The molecule has 0 heterocycles. The van der Waals surface area contributed by atoms with Crippen LogP contribution in [0.4, 0.5) is 5.69 Å². The molecule has 1 aliphatic carbocycles. The number of benzene rings is 2. The molecule has 0 saturated heterocycles. The molecule has 28 heavy (non-hydrogen) atoms. The van der Waals surface area contributed by atoms with E-state index in [2.05, 4.69) is 5.32 Å². The molecule has 3 rings (SSSR count). The lowest BCUT2D eigenvalue weighted by molar-refractivity contribution is -0.153. The molecule has 0 radical (unpaired) electrons. The highest BCUT2D eigenvalue weighted by Crippen LogP contribution is 2.42. The number of ether oxygens (including phenoxy) is 1. The molecular weight excluding hydrogens is 378 g/mol. The van der Waals surface area contributed by atoms with E-state index in [1.807, 2.05) is 12.1 Å². The summed E-state index contributed by atoms with van der Waals surface area (Å²) >= 11 is 5.96. The van der Waals surface area contributed by atoms with Crippen molar-refractivity contribution in [2.24, 2.45) is 0 Å². The van der Waals surface area contributed by atoms with Crippen LogP contribution in [0.25, 0.3) is 0 Å². The maximum absolute atomic E-state index is 12.9. The fourth-order valence-corrected chi connectivity index (χ4v) is 3.74. The summed E-state index contributed by atoms with van der Waals surface area (Å²) < 4.78 is 5.37. The van der Waals surface area contributed by atoms with Crippen molar-refractivity contribution in [3.05, 3.63) is 64.7 Å². The average Bonchev–Trinajstić information content (AvgIpc) is 3.18. The van der Waals surface area contributed by atoms with Crippen LogP contribution >= 0.6 is 11.6 Å². The van der Waals surface area contributed by atoms with Crippen LogP contribution in [-0.4, -0.2) is 24.3 Å². The van der Waals surface area contributed by atoms with Gasteiger partial charge in [-0.25, -0.2) is 0 Å². The van der Waals surface area contributed by atoms with Crippen LogP contribution < -0.4 is 5.32 Å². The molecule has 5 nitrogen and oxygen atoms in total. The van der Waals surface area contributed by atoms with Gasteiger partial charge in [-0.15, -0.1) is 0 Å². The van der Waals surface area contributed by atoms with Crippen LogP contribution in [0.1, 0.15) is 48.5 Å². The van der Waals surface area contributed by atoms with Crippen molar-refractivity contribution < 1.29 is 19.1 Å². The van der Waals surface area contributed by atoms with Gasteiger partial charge in [0.15, 0.2) is 12.4 Å². The maximum atomic E-state index is 12.9. The number of Topliss-reactive ketones (excluding diaryl/α,β-unsaturated/α-hetero) is 1. The van der Waals surface area contributed by atoms with Gasteiger partial charge in [-0.05, 0) is 61.7 Å². The van der Waals surface area contributed by atoms with Gasteiger partial charge in [0.25, 0.3) is 5.91 Å². The molecule has 1 N–H and O–H groups in total. The highest BCUT2D eigenvalue weighted by Gasteiger charge is 2.44. The summed E-state index contributed by atoms with van der Waals surface area (Å²) in [6.45, 7) is 1.12. The van der Waals surface area contributed by atoms with E-state index in [9.17, 15) is 14.4 Å². The van der Waals surface area contributed by atoms with E-state index in [1.54, 1.807) is 36.4 Å². The molecular formula is C22H22ClNO4. The molecule has 146 valence electrons. The van der Waals surface area contributed by atoms with E-state index in [1.165, 1.54) is 6.92 Å². The van der Waals surface area contributed by atoms with Crippen molar-refractivity contribution in [2.75, 3.05) is 11.9 Å². The van der Waals surface area contributed by atoms with E-state index in [0.29, 0.717) is 29.1 Å². The summed E-state index contributed by atoms with van der Waals surface area (Å²) in [7, 11) is 0. The van der Waals surface area contributed by atoms with E-state index < -0.39 is 11.3 Å². The first-order chi connectivity index (χ1) is 13.4. The SMILES string of the molecule is CC(=O)c1ccc(NC(=O)COC(=O)C2(c3ccc(Cl)cc3)CCCC2)cc1. The molecule has 2 aromatic carbocycles. The Kier molecular flexibility index (Phi) is 6.15. The summed E-state index contributed by atoms with van der Waals surface area (Å²) in [5.74, 6) is -0.849. The Morgan fingerprint density at radius 2 is 1.61 bits per heavy atom. The molecule has 0 bridgehead atoms. The van der Waals surface area contributed by atoms with Gasteiger partial charge in [-0.3, -0.25) is 14.4 Å². The van der Waals surface area contributed by atoms with Crippen LogP contribution in [0.3, 0.4) is 0 Å². The topological polar surface area (TPSA) is 72.5 Å². The predicted octanol–water partition coefficient (Wildman–Crippen LogP) is 4.54. The van der Waals surface area contributed by atoms with Crippen molar-refractivity contribution in [2.45, 2.75) is 38.0 Å². The molecule has 0 aromatic heterocycles. The van der Waals surface area contributed by atoms with Crippen LogP contribution in [-0.2, 0) is 19.7 Å². The Labute approximate surface area is 169 Å². The summed E-state index contributed by atoms with van der Waals surface area (Å²) in [4.78, 5) is 36.3. The zero-order valence-corrected chi connectivity index (χ0v) is 16.4. The summed E-state index contributed by atoms with van der Waals surface area (Å²) in [5.41, 5.74) is 1.27. The van der Waals surface area contributed by atoms with Crippen LogP contribution in [0.5, 0.6) is 0 Å². The largest absolute Gasteiger partial charge is 0.455 e. The second-order valence-electron chi connectivity index (χ2n) is 7.05.